The Hall–Kier alpha value is -2.27. The third kappa shape index (κ3) is 4.65. The molecule has 0 amide bonds. The summed E-state index contributed by atoms with van der Waals surface area (Å²) >= 11 is 0. The first-order valence-corrected chi connectivity index (χ1v) is 6.62. The zero-order valence-electron chi connectivity index (χ0n) is 11.8. The van der Waals surface area contributed by atoms with Gasteiger partial charge in [-0.15, -0.1) is 0 Å². The minimum Gasteiger partial charge on any atom is -0.497 e. The summed E-state index contributed by atoms with van der Waals surface area (Å²) in [6.07, 6.45) is -0.754. The number of ether oxygens (including phenoxy) is 2. The molecule has 0 saturated carbocycles. The second kappa shape index (κ2) is 7.50. The highest BCUT2D eigenvalue weighted by atomic mass is 19.1. The quantitative estimate of drug-likeness (QED) is 0.823. The lowest BCUT2D eigenvalue weighted by molar-refractivity contribution is 0.117. The lowest BCUT2D eigenvalue weighted by Crippen LogP contribution is -2.26. The van der Waals surface area contributed by atoms with Crippen molar-refractivity contribution in [2.45, 2.75) is 6.10 Å². The van der Waals surface area contributed by atoms with Gasteiger partial charge in [0.15, 0.2) is 0 Å². The Bertz CT molecular complexity index is 563. The van der Waals surface area contributed by atoms with Gasteiger partial charge in [0, 0.05) is 12.6 Å². The Morgan fingerprint density at radius 3 is 2.62 bits per heavy atom. The van der Waals surface area contributed by atoms with Crippen LogP contribution in [0.15, 0.2) is 48.5 Å². The topological polar surface area (TPSA) is 50.7 Å². The fourth-order valence-electron chi connectivity index (χ4n) is 1.76. The van der Waals surface area contributed by atoms with Crippen LogP contribution in [-0.4, -0.2) is 31.5 Å². The van der Waals surface area contributed by atoms with E-state index in [1.807, 2.05) is 30.3 Å². The molecule has 21 heavy (non-hydrogen) atoms. The average molecular weight is 291 g/mol. The maximum absolute atomic E-state index is 13.6. The third-order valence-corrected chi connectivity index (χ3v) is 2.89. The summed E-state index contributed by atoms with van der Waals surface area (Å²) in [4.78, 5) is 0. The molecule has 2 rings (SSSR count). The molecule has 5 heteroatoms. The molecule has 1 unspecified atom stereocenters. The van der Waals surface area contributed by atoms with Gasteiger partial charge in [0.1, 0.15) is 30.0 Å². The van der Waals surface area contributed by atoms with E-state index < -0.39 is 11.9 Å². The van der Waals surface area contributed by atoms with Crippen molar-refractivity contribution in [1.82, 2.24) is 0 Å². The van der Waals surface area contributed by atoms with E-state index in [1.165, 1.54) is 19.2 Å². The van der Waals surface area contributed by atoms with Gasteiger partial charge in [-0.1, -0.05) is 18.2 Å². The summed E-state index contributed by atoms with van der Waals surface area (Å²) in [5.41, 5.74) is 0.285. The van der Waals surface area contributed by atoms with Crippen LogP contribution >= 0.6 is 0 Å². The number of nitrogens with one attached hydrogen (secondary N) is 1. The highest BCUT2D eigenvalue weighted by molar-refractivity contribution is 5.49. The number of halogens is 1. The summed E-state index contributed by atoms with van der Waals surface area (Å²) in [6.45, 7) is 0.305. The van der Waals surface area contributed by atoms with Crippen LogP contribution in [-0.2, 0) is 0 Å². The standard InChI is InChI=1S/C16H18FNO3/c1-20-14-7-8-15(17)16(9-14)18-10-12(19)11-21-13-5-3-2-4-6-13/h2-9,12,18-19H,10-11H2,1H3. The largest absolute Gasteiger partial charge is 0.497 e. The first-order chi connectivity index (χ1) is 10.2. The molecule has 0 heterocycles. The number of anilines is 1. The molecule has 0 aliphatic heterocycles. The van der Waals surface area contributed by atoms with Gasteiger partial charge in [-0.25, -0.2) is 4.39 Å². The molecule has 0 bridgehead atoms. The van der Waals surface area contributed by atoms with Crippen LogP contribution in [0.2, 0.25) is 0 Å². The van der Waals surface area contributed by atoms with Crippen molar-refractivity contribution in [3.63, 3.8) is 0 Å². The molecule has 2 N–H and O–H groups in total. The third-order valence-electron chi connectivity index (χ3n) is 2.89. The molecular formula is C16H18FNO3. The van der Waals surface area contributed by atoms with Gasteiger partial charge in [-0.3, -0.25) is 0 Å². The van der Waals surface area contributed by atoms with Crippen LogP contribution in [0, 0.1) is 5.82 Å². The minimum absolute atomic E-state index is 0.128. The summed E-state index contributed by atoms with van der Waals surface area (Å²) in [7, 11) is 1.51. The maximum atomic E-state index is 13.6. The SMILES string of the molecule is COc1ccc(F)c(NCC(O)COc2ccccc2)c1. The molecule has 4 nitrogen and oxygen atoms in total. The van der Waals surface area contributed by atoms with Crippen molar-refractivity contribution >= 4 is 5.69 Å². The fourth-order valence-corrected chi connectivity index (χ4v) is 1.76. The van der Waals surface area contributed by atoms with Crippen LogP contribution in [0.3, 0.4) is 0 Å². The van der Waals surface area contributed by atoms with Crippen molar-refractivity contribution in [3.05, 3.63) is 54.3 Å². The lowest BCUT2D eigenvalue weighted by Gasteiger charge is -2.15. The van der Waals surface area contributed by atoms with Gasteiger partial charge >= 0.3 is 0 Å². The second-order valence-electron chi connectivity index (χ2n) is 4.50. The summed E-state index contributed by atoms with van der Waals surface area (Å²) in [5.74, 6) is 0.838. The molecule has 0 aromatic heterocycles. The molecule has 1 atom stereocenters. The van der Waals surface area contributed by atoms with Gasteiger partial charge in [0.2, 0.25) is 0 Å². The second-order valence-corrected chi connectivity index (χ2v) is 4.50. The van der Waals surface area contributed by atoms with E-state index in [2.05, 4.69) is 5.32 Å². The van der Waals surface area contributed by atoms with Gasteiger partial charge in [-0.2, -0.15) is 0 Å². The molecular weight excluding hydrogens is 273 g/mol. The monoisotopic (exact) mass is 291 g/mol. The summed E-state index contributed by atoms with van der Waals surface area (Å²) in [5, 5.41) is 12.7. The predicted molar refractivity (Wildman–Crippen MR) is 79.4 cm³/mol. The molecule has 0 spiro atoms. The number of benzene rings is 2. The van der Waals surface area contributed by atoms with E-state index in [0.717, 1.165) is 0 Å². The number of hydrogen-bond acceptors (Lipinski definition) is 4. The Morgan fingerprint density at radius 1 is 1.14 bits per heavy atom. The smallest absolute Gasteiger partial charge is 0.146 e. The van der Waals surface area contributed by atoms with Crippen LogP contribution in [0.25, 0.3) is 0 Å². The molecule has 0 radical (unpaired) electrons. The highest BCUT2D eigenvalue weighted by Gasteiger charge is 2.08. The first kappa shape index (κ1) is 15.1. The van der Waals surface area contributed by atoms with E-state index in [0.29, 0.717) is 11.5 Å². The first-order valence-electron chi connectivity index (χ1n) is 6.62. The van der Waals surface area contributed by atoms with Crippen LogP contribution in [0.5, 0.6) is 11.5 Å². The number of para-hydroxylation sites is 1. The van der Waals surface area contributed by atoms with Gasteiger partial charge in [0.05, 0.1) is 12.8 Å². The normalized spacial score (nSPS) is 11.8. The molecule has 0 fully saturated rings. The molecule has 0 aliphatic carbocycles. The average Bonchev–Trinajstić information content (AvgIpc) is 2.53. The van der Waals surface area contributed by atoms with E-state index in [-0.39, 0.29) is 18.8 Å². The molecule has 2 aromatic rings. The van der Waals surface area contributed by atoms with Crippen molar-refractivity contribution in [1.29, 1.82) is 0 Å². The van der Waals surface area contributed by atoms with Crippen molar-refractivity contribution in [3.8, 4) is 11.5 Å². The highest BCUT2D eigenvalue weighted by Crippen LogP contribution is 2.21. The minimum atomic E-state index is -0.754. The number of methoxy groups -OCH3 is 1. The fraction of sp³-hybridized carbons (Fsp3) is 0.250. The van der Waals surface area contributed by atoms with E-state index in [9.17, 15) is 9.50 Å². The van der Waals surface area contributed by atoms with Crippen LogP contribution in [0.4, 0.5) is 10.1 Å². The molecule has 2 aromatic carbocycles. The number of hydrogen-bond donors (Lipinski definition) is 2. The maximum Gasteiger partial charge on any atom is 0.146 e. The Morgan fingerprint density at radius 2 is 1.90 bits per heavy atom. The number of rotatable bonds is 7. The van der Waals surface area contributed by atoms with E-state index in [4.69, 9.17) is 9.47 Å². The zero-order valence-corrected chi connectivity index (χ0v) is 11.8. The number of aliphatic hydroxyl groups is 1. The van der Waals surface area contributed by atoms with Crippen LogP contribution < -0.4 is 14.8 Å². The Balaban J connectivity index is 1.82. The van der Waals surface area contributed by atoms with Gasteiger partial charge < -0.3 is 19.9 Å². The molecule has 0 aliphatic rings. The van der Waals surface area contributed by atoms with E-state index in [1.54, 1.807) is 6.07 Å². The Kier molecular flexibility index (Phi) is 5.40. The van der Waals surface area contributed by atoms with Crippen molar-refractivity contribution < 1.29 is 19.0 Å². The summed E-state index contributed by atoms with van der Waals surface area (Å²) < 4.78 is 24.0. The lowest BCUT2D eigenvalue weighted by atomic mass is 10.2. The van der Waals surface area contributed by atoms with Crippen LogP contribution in [0.1, 0.15) is 0 Å². The number of aliphatic hydroxyl groups excluding tert-OH is 1. The summed E-state index contributed by atoms with van der Waals surface area (Å²) in [6, 6.07) is 13.6. The molecule has 0 saturated heterocycles. The predicted octanol–water partition coefficient (Wildman–Crippen LogP) is 2.69. The van der Waals surface area contributed by atoms with E-state index >= 15 is 0 Å². The van der Waals surface area contributed by atoms with Gasteiger partial charge in [-0.05, 0) is 24.3 Å². The molecule has 112 valence electrons. The van der Waals surface area contributed by atoms with Gasteiger partial charge in [0.25, 0.3) is 0 Å². The van der Waals surface area contributed by atoms with Crippen molar-refractivity contribution in [2.75, 3.05) is 25.6 Å². The van der Waals surface area contributed by atoms with Crippen molar-refractivity contribution in [2.24, 2.45) is 0 Å². The zero-order chi connectivity index (χ0) is 15.1. The Labute approximate surface area is 123 Å².